The molecule has 0 saturated heterocycles. The van der Waals surface area contributed by atoms with E-state index < -0.39 is 0 Å². The summed E-state index contributed by atoms with van der Waals surface area (Å²) in [6, 6.07) is 4.65. The van der Waals surface area contributed by atoms with E-state index in [0.29, 0.717) is 6.17 Å². The minimum atomic E-state index is 0.102. The highest BCUT2D eigenvalue weighted by Gasteiger charge is 2.54. The van der Waals surface area contributed by atoms with Crippen LogP contribution < -0.4 is 4.90 Å². The van der Waals surface area contributed by atoms with E-state index >= 15 is 0 Å². The lowest BCUT2D eigenvalue weighted by molar-refractivity contribution is 0.231. The van der Waals surface area contributed by atoms with Crippen molar-refractivity contribution in [2.45, 2.75) is 67.0 Å². The molecule has 0 unspecified atom stereocenters. The van der Waals surface area contributed by atoms with Crippen molar-refractivity contribution in [1.82, 2.24) is 4.90 Å². The van der Waals surface area contributed by atoms with Gasteiger partial charge in [0.25, 0.3) is 0 Å². The van der Waals surface area contributed by atoms with Crippen molar-refractivity contribution in [3.63, 3.8) is 0 Å². The molecule has 0 aliphatic carbocycles. The Balaban J connectivity index is 2.43. The molecule has 0 saturated carbocycles. The average Bonchev–Trinajstić information content (AvgIpc) is 2.65. The van der Waals surface area contributed by atoms with Gasteiger partial charge in [0.15, 0.2) is 0 Å². The number of allylic oxidation sites excluding steroid dienone is 2. The van der Waals surface area contributed by atoms with Crippen LogP contribution in [0.1, 0.15) is 58.2 Å². The number of aryl methyl sites for hydroxylation is 1. The molecule has 22 heavy (non-hydrogen) atoms. The van der Waals surface area contributed by atoms with Crippen molar-refractivity contribution < 1.29 is 0 Å². The van der Waals surface area contributed by atoms with Gasteiger partial charge >= 0.3 is 0 Å². The zero-order chi connectivity index (χ0) is 16.6. The Kier molecular flexibility index (Phi) is 3.02. The smallest absolute Gasteiger partial charge is 0.103 e. The third kappa shape index (κ3) is 1.56. The molecule has 0 fully saturated rings. The molecule has 1 atom stereocenters. The Bertz CT molecular complexity index is 679. The first kappa shape index (κ1) is 15.5. The molecule has 0 radical (unpaired) electrons. The molecule has 0 amide bonds. The van der Waals surface area contributed by atoms with Crippen LogP contribution >= 0.6 is 0 Å². The molecular formula is C20H30N2. The number of nitrogens with zero attached hydrogens (tertiary/aromatic N) is 2. The highest BCUT2D eigenvalue weighted by Crippen LogP contribution is 2.59. The molecule has 2 aliphatic heterocycles. The van der Waals surface area contributed by atoms with Crippen molar-refractivity contribution in [3.8, 4) is 0 Å². The molecule has 2 heteroatoms. The third-order valence-corrected chi connectivity index (χ3v) is 6.82. The second-order valence-electron chi connectivity index (χ2n) is 8.20. The molecular weight excluding hydrogens is 268 g/mol. The van der Waals surface area contributed by atoms with E-state index in [4.69, 9.17) is 0 Å². The van der Waals surface area contributed by atoms with Gasteiger partial charge in [-0.1, -0.05) is 39.8 Å². The van der Waals surface area contributed by atoms with Gasteiger partial charge in [-0.3, -0.25) is 0 Å². The number of hydrogen-bond acceptors (Lipinski definition) is 2. The summed E-state index contributed by atoms with van der Waals surface area (Å²) in [6.45, 7) is 18.7. The molecule has 2 aliphatic rings. The summed E-state index contributed by atoms with van der Waals surface area (Å²) in [5.74, 6) is 0. The van der Waals surface area contributed by atoms with Crippen LogP contribution in [0.5, 0.6) is 0 Å². The summed E-state index contributed by atoms with van der Waals surface area (Å²) < 4.78 is 0. The highest BCUT2D eigenvalue weighted by atomic mass is 15.4. The van der Waals surface area contributed by atoms with E-state index in [2.05, 4.69) is 84.4 Å². The van der Waals surface area contributed by atoms with Gasteiger partial charge in [0.2, 0.25) is 0 Å². The highest BCUT2D eigenvalue weighted by molar-refractivity contribution is 5.73. The first-order valence-corrected chi connectivity index (χ1v) is 8.37. The summed E-state index contributed by atoms with van der Waals surface area (Å²) >= 11 is 0. The summed E-state index contributed by atoms with van der Waals surface area (Å²) in [4.78, 5) is 5.02. The predicted octanol–water partition coefficient (Wildman–Crippen LogP) is 4.95. The van der Waals surface area contributed by atoms with Crippen molar-refractivity contribution in [2.75, 3.05) is 11.9 Å². The van der Waals surface area contributed by atoms with Gasteiger partial charge in [-0.2, -0.15) is 0 Å². The maximum Gasteiger partial charge on any atom is 0.103 e. The van der Waals surface area contributed by atoms with Crippen LogP contribution in [0.15, 0.2) is 23.5 Å². The van der Waals surface area contributed by atoms with Crippen LogP contribution in [0, 0.1) is 19.3 Å². The second-order valence-corrected chi connectivity index (χ2v) is 8.20. The Morgan fingerprint density at radius 2 is 1.55 bits per heavy atom. The molecule has 2 heterocycles. The van der Waals surface area contributed by atoms with Gasteiger partial charge < -0.3 is 9.80 Å². The number of benzene rings is 1. The van der Waals surface area contributed by atoms with Crippen LogP contribution in [0.25, 0.3) is 0 Å². The fraction of sp³-hybridized carbons (Fsp3) is 0.600. The molecule has 3 rings (SSSR count). The van der Waals surface area contributed by atoms with E-state index in [1.54, 1.807) is 0 Å². The van der Waals surface area contributed by atoms with Gasteiger partial charge in [0.05, 0.1) is 0 Å². The van der Waals surface area contributed by atoms with Crippen LogP contribution in [-0.2, 0) is 5.41 Å². The van der Waals surface area contributed by atoms with E-state index in [1.165, 1.54) is 33.8 Å². The Labute approximate surface area is 135 Å². The summed E-state index contributed by atoms with van der Waals surface area (Å²) in [5.41, 5.74) is 8.85. The average molecular weight is 298 g/mol. The Morgan fingerprint density at radius 1 is 0.955 bits per heavy atom. The third-order valence-electron chi connectivity index (χ3n) is 6.82. The monoisotopic (exact) mass is 298 g/mol. The van der Waals surface area contributed by atoms with Crippen LogP contribution in [0.2, 0.25) is 0 Å². The molecule has 0 spiro atoms. The lowest BCUT2D eigenvalue weighted by Gasteiger charge is -2.53. The number of anilines is 1. The fourth-order valence-electron chi connectivity index (χ4n) is 4.28. The fourth-order valence-corrected chi connectivity index (χ4v) is 4.28. The predicted molar refractivity (Wildman–Crippen MR) is 95.1 cm³/mol. The normalized spacial score (nSPS) is 25.4. The standard InChI is InChI=1S/C20H30N2/c1-12-10-11-16-17(13(12)2)22-15(4)21(9)14(3)18(22)20(7,8)19(16,5)6/h10-11,15H,1-9H3/t15-/m1/s1. The Morgan fingerprint density at radius 3 is 2.14 bits per heavy atom. The maximum atomic E-state index is 2.60. The SMILES string of the molecule is CC1=C2N(c3c(ccc(C)c3C)C(C)(C)C2(C)C)[C@H](C)N1C. The maximum absolute atomic E-state index is 2.60. The summed E-state index contributed by atoms with van der Waals surface area (Å²) in [6.07, 6.45) is 0.379. The van der Waals surface area contributed by atoms with E-state index in [9.17, 15) is 0 Å². The lowest BCUT2D eigenvalue weighted by atomic mass is 9.59. The van der Waals surface area contributed by atoms with Crippen molar-refractivity contribution in [3.05, 3.63) is 40.2 Å². The molecule has 0 N–H and O–H groups in total. The zero-order valence-corrected chi connectivity index (χ0v) is 15.6. The molecule has 1 aromatic carbocycles. The minimum absolute atomic E-state index is 0.102. The number of hydrogen-bond donors (Lipinski definition) is 0. The van der Waals surface area contributed by atoms with Gasteiger partial charge in [0.1, 0.15) is 6.17 Å². The second kappa shape index (κ2) is 4.31. The van der Waals surface area contributed by atoms with Crippen molar-refractivity contribution in [1.29, 1.82) is 0 Å². The molecule has 1 aromatic rings. The van der Waals surface area contributed by atoms with Gasteiger partial charge in [0, 0.05) is 35.0 Å². The largest absolute Gasteiger partial charge is 0.356 e. The summed E-state index contributed by atoms with van der Waals surface area (Å²) in [5, 5.41) is 0. The lowest BCUT2D eigenvalue weighted by Crippen LogP contribution is -2.50. The first-order valence-electron chi connectivity index (χ1n) is 8.37. The zero-order valence-electron chi connectivity index (χ0n) is 15.6. The number of fused-ring (bicyclic) bond motifs is 3. The van der Waals surface area contributed by atoms with Crippen LogP contribution in [-0.4, -0.2) is 18.1 Å². The molecule has 0 bridgehead atoms. The quantitative estimate of drug-likeness (QED) is 0.668. The first-order chi connectivity index (χ1) is 10.0. The molecule has 2 nitrogen and oxygen atoms in total. The van der Waals surface area contributed by atoms with Gasteiger partial charge in [-0.15, -0.1) is 0 Å². The number of rotatable bonds is 0. The van der Waals surface area contributed by atoms with E-state index in [-0.39, 0.29) is 10.8 Å². The van der Waals surface area contributed by atoms with Crippen molar-refractivity contribution >= 4 is 5.69 Å². The topological polar surface area (TPSA) is 6.48 Å². The van der Waals surface area contributed by atoms with Crippen LogP contribution in [0.4, 0.5) is 5.69 Å². The minimum Gasteiger partial charge on any atom is -0.356 e. The van der Waals surface area contributed by atoms with Gasteiger partial charge in [-0.25, -0.2) is 0 Å². The molecule has 120 valence electrons. The van der Waals surface area contributed by atoms with Crippen LogP contribution in [0.3, 0.4) is 0 Å². The Hall–Kier alpha value is -1.44. The van der Waals surface area contributed by atoms with Crippen molar-refractivity contribution in [2.24, 2.45) is 5.41 Å². The van der Waals surface area contributed by atoms with Gasteiger partial charge in [-0.05, 0) is 44.4 Å². The summed E-state index contributed by atoms with van der Waals surface area (Å²) in [7, 11) is 2.22. The van der Waals surface area contributed by atoms with E-state index in [0.717, 1.165) is 0 Å². The van der Waals surface area contributed by atoms with E-state index in [1.807, 2.05) is 0 Å². The molecule has 0 aromatic heterocycles.